The summed E-state index contributed by atoms with van der Waals surface area (Å²) in [4.78, 5) is 24.1. The molecule has 1 heterocycles. The van der Waals surface area contributed by atoms with Crippen LogP contribution in [-0.2, 0) is 14.3 Å². The van der Waals surface area contributed by atoms with E-state index in [9.17, 15) is 19.8 Å². The van der Waals surface area contributed by atoms with Crippen LogP contribution in [0.15, 0.2) is 36.1 Å². The molecule has 1 aliphatic rings. The molecule has 0 fully saturated rings. The number of hydrogen-bond acceptors (Lipinski definition) is 4. The molecular formula is C19H23ClO5S. The predicted octanol–water partition coefficient (Wildman–Crippen LogP) is 4.76. The first kappa shape index (κ1) is 20.6. The molecule has 0 aromatic heterocycles. The number of carboxylic acids is 2. The van der Waals surface area contributed by atoms with Gasteiger partial charge in [0, 0.05) is 10.6 Å². The summed E-state index contributed by atoms with van der Waals surface area (Å²) < 4.78 is 3.11. The van der Waals surface area contributed by atoms with Gasteiger partial charge in [-0.2, -0.15) is 0 Å². The Bertz CT molecular complexity index is 769. The van der Waals surface area contributed by atoms with E-state index in [1.807, 2.05) is 6.07 Å². The minimum atomic E-state index is -1.53. The number of rotatable bonds is 5. The highest BCUT2D eigenvalue weighted by molar-refractivity contribution is 8.04. The molecule has 2 unspecified atom stereocenters. The second-order valence-corrected chi connectivity index (χ2v) is 9.61. The number of carboxylic acid groups (broad SMARTS) is 2. The Morgan fingerprint density at radius 3 is 2.23 bits per heavy atom. The predicted molar refractivity (Wildman–Crippen MR) is 102 cm³/mol. The number of hydrogen-bond donors (Lipinski definition) is 2. The van der Waals surface area contributed by atoms with Crippen molar-refractivity contribution in [1.82, 2.24) is 0 Å². The summed E-state index contributed by atoms with van der Waals surface area (Å²) in [5.74, 6) is -2.10. The van der Waals surface area contributed by atoms with Crippen LogP contribution in [-0.4, -0.2) is 31.6 Å². The van der Waals surface area contributed by atoms with Gasteiger partial charge < -0.3 is 14.9 Å². The van der Waals surface area contributed by atoms with Crippen molar-refractivity contribution in [3.63, 3.8) is 0 Å². The first-order valence-electron chi connectivity index (χ1n) is 8.16. The van der Waals surface area contributed by atoms with Crippen molar-refractivity contribution in [1.29, 1.82) is 0 Å². The lowest BCUT2D eigenvalue weighted by atomic mass is 9.78. The molecule has 7 heteroatoms. The zero-order chi connectivity index (χ0) is 19.9. The molecule has 1 aromatic carbocycles. The van der Waals surface area contributed by atoms with Gasteiger partial charge in [-0.1, -0.05) is 50.6 Å². The standard InChI is InChI=1S/C19H23ClO5S/c1-11(12-8-6-7-9-13(12)20)25-14-10-18(5,15(21)22)26-19(14,16(23)24)17(2,3)4/h6-11H,1-5H3,(H,21,22)(H,23,24)/t11-,18?,19?/m1/s1. The minimum absolute atomic E-state index is 0.139. The molecule has 1 aliphatic heterocycles. The summed E-state index contributed by atoms with van der Waals surface area (Å²) in [6.07, 6.45) is 0.875. The quantitative estimate of drug-likeness (QED) is 0.743. The molecule has 0 spiro atoms. The zero-order valence-electron chi connectivity index (χ0n) is 15.4. The highest BCUT2D eigenvalue weighted by Crippen LogP contribution is 2.59. The maximum atomic E-state index is 12.3. The minimum Gasteiger partial charge on any atom is -0.488 e. The summed E-state index contributed by atoms with van der Waals surface area (Å²) in [7, 11) is 0. The molecule has 0 saturated carbocycles. The lowest BCUT2D eigenvalue weighted by molar-refractivity contribution is -0.143. The monoisotopic (exact) mass is 398 g/mol. The summed E-state index contributed by atoms with van der Waals surface area (Å²) in [5, 5.41) is 20.2. The first-order chi connectivity index (χ1) is 11.8. The fourth-order valence-corrected chi connectivity index (χ4v) is 4.80. The highest BCUT2D eigenvalue weighted by Gasteiger charge is 2.63. The fraction of sp³-hybridized carbons (Fsp3) is 0.474. The Balaban J connectivity index is 2.54. The topological polar surface area (TPSA) is 83.8 Å². The van der Waals surface area contributed by atoms with Crippen molar-refractivity contribution in [2.24, 2.45) is 5.41 Å². The molecule has 142 valence electrons. The number of carbonyl (C=O) groups is 2. The SMILES string of the molecule is C[C@@H](OC1=CC(C)(C(=O)O)SC1(C(=O)O)C(C)(C)C)c1ccccc1Cl. The van der Waals surface area contributed by atoms with Crippen molar-refractivity contribution >= 4 is 35.3 Å². The molecule has 26 heavy (non-hydrogen) atoms. The Hall–Kier alpha value is -1.66. The van der Waals surface area contributed by atoms with Crippen LogP contribution in [0.2, 0.25) is 5.02 Å². The maximum Gasteiger partial charge on any atom is 0.328 e. The van der Waals surface area contributed by atoms with Crippen molar-refractivity contribution in [3.05, 3.63) is 46.7 Å². The third-order valence-electron chi connectivity index (χ3n) is 4.55. The van der Waals surface area contributed by atoms with Gasteiger partial charge in [-0.05, 0) is 31.4 Å². The molecule has 5 nitrogen and oxygen atoms in total. The molecule has 2 N–H and O–H groups in total. The van der Waals surface area contributed by atoms with Crippen LogP contribution in [0.5, 0.6) is 0 Å². The van der Waals surface area contributed by atoms with Crippen molar-refractivity contribution in [2.75, 3.05) is 0 Å². The average Bonchev–Trinajstić information content (AvgIpc) is 2.82. The molecule has 0 amide bonds. The van der Waals surface area contributed by atoms with Crippen LogP contribution in [0.25, 0.3) is 0 Å². The van der Waals surface area contributed by atoms with Gasteiger partial charge in [0.25, 0.3) is 0 Å². The van der Waals surface area contributed by atoms with E-state index in [4.69, 9.17) is 16.3 Å². The van der Waals surface area contributed by atoms with E-state index in [1.165, 1.54) is 13.0 Å². The van der Waals surface area contributed by atoms with Crippen LogP contribution in [0.4, 0.5) is 0 Å². The molecule has 0 bridgehead atoms. The lowest BCUT2D eigenvalue weighted by Crippen LogP contribution is -2.49. The van der Waals surface area contributed by atoms with Crippen LogP contribution in [0.1, 0.15) is 46.3 Å². The van der Waals surface area contributed by atoms with Gasteiger partial charge in [-0.25, -0.2) is 0 Å². The maximum absolute atomic E-state index is 12.3. The molecule has 0 radical (unpaired) electrons. The third-order valence-corrected chi connectivity index (χ3v) is 6.90. The summed E-state index contributed by atoms with van der Waals surface area (Å²) >= 11 is 7.10. The molecule has 2 rings (SSSR count). The number of benzene rings is 1. The summed E-state index contributed by atoms with van der Waals surface area (Å²) in [6, 6.07) is 7.13. The van der Waals surface area contributed by atoms with E-state index in [1.54, 1.807) is 45.9 Å². The number of aliphatic carboxylic acids is 2. The Labute approximate surface area is 162 Å². The van der Waals surface area contributed by atoms with Gasteiger partial charge in [0.2, 0.25) is 0 Å². The number of thioether (sulfide) groups is 1. The molecule has 3 atom stereocenters. The third kappa shape index (κ3) is 3.32. The van der Waals surface area contributed by atoms with Gasteiger partial charge in [0.1, 0.15) is 16.6 Å². The molecule has 0 saturated heterocycles. The summed E-state index contributed by atoms with van der Waals surface area (Å²) in [5.41, 5.74) is -0.0832. The molecule has 1 aromatic rings. The zero-order valence-corrected chi connectivity index (χ0v) is 16.9. The molecular weight excluding hydrogens is 376 g/mol. The Morgan fingerprint density at radius 1 is 1.19 bits per heavy atom. The Kier molecular flexibility index (Phi) is 5.41. The van der Waals surface area contributed by atoms with Crippen LogP contribution < -0.4 is 0 Å². The smallest absolute Gasteiger partial charge is 0.328 e. The second-order valence-electron chi connectivity index (χ2n) is 7.54. The van der Waals surface area contributed by atoms with E-state index in [-0.39, 0.29) is 5.76 Å². The van der Waals surface area contributed by atoms with Crippen LogP contribution in [0, 0.1) is 5.41 Å². The normalized spacial score (nSPS) is 26.9. The van der Waals surface area contributed by atoms with E-state index >= 15 is 0 Å². The average molecular weight is 399 g/mol. The van der Waals surface area contributed by atoms with Crippen molar-refractivity contribution in [3.8, 4) is 0 Å². The Morgan fingerprint density at radius 2 is 1.77 bits per heavy atom. The van der Waals surface area contributed by atoms with E-state index in [0.29, 0.717) is 10.6 Å². The molecule has 0 aliphatic carbocycles. The number of ether oxygens (including phenoxy) is 1. The van der Waals surface area contributed by atoms with Crippen LogP contribution >= 0.6 is 23.4 Å². The van der Waals surface area contributed by atoms with Gasteiger partial charge >= 0.3 is 11.9 Å². The van der Waals surface area contributed by atoms with Crippen LogP contribution in [0.3, 0.4) is 0 Å². The van der Waals surface area contributed by atoms with Gasteiger partial charge in [-0.3, -0.25) is 9.59 Å². The summed E-state index contributed by atoms with van der Waals surface area (Å²) in [6.45, 7) is 8.54. The second kappa shape index (κ2) is 6.82. The first-order valence-corrected chi connectivity index (χ1v) is 9.36. The van der Waals surface area contributed by atoms with Gasteiger partial charge in [0.05, 0.1) is 0 Å². The largest absolute Gasteiger partial charge is 0.488 e. The lowest BCUT2D eigenvalue weighted by Gasteiger charge is -2.40. The van der Waals surface area contributed by atoms with E-state index in [0.717, 1.165) is 11.8 Å². The van der Waals surface area contributed by atoms with E-state index < -0.39 is 33.0 Å². The van der Waals surface area contributed by atoms with Gasteiger partial charge in [0.15, 0.2) is 4.75 Å². The van der Waals surface area contributed by atoms with Crippen molar-refractivity contribution < 1.29 is 24.5 Å². The van der Waals surface area contributed by atoms with Gasteiger partial charge in [-0.15, -0.1) is 11.8 Å². The van der Waals surface area contributed by atoms with E-state index in [2.05, 4.69) is 0 Å². The highest BCUT2D eigenvalue weighted by atomic mass is 35.5. The van der Waals surface area contributed by atoms with Crippen molar-refractivity contribution in [2.45, 2.75) is 50.2 Å². The number of halogens is 1. The fourth-order valence-electron chi connectivity index (χ4n) is 3.02.